The number of anilines is 1. The van der Waals surface area contributed by atoms with E-state index in [0.717, 1.165) is 5.01 Å². The number of nitrogens with one attached hydrogen (secondary N) is 2. The zero-order valence-corrected chi connectivity index (χ0v) is 15.2. The average Bonchev–Trinajstić information content (AvgIpc) is 2.96. The van der Waals surface area contributed by atoms with Crippen molar-refractivity contribution in [3.05, 3.63) is 46.9 Å². The van der Waals surface area contributed by atoms with Gasteiger partial charge >= 0.3 is 0 Å². The molecule has 2 N–H and O–H groups in total. The van der Waals surface area contributed by atoms with Gasteiger partial charge in [0.1, 0.15) is 5.01 Å². The van der Waals surface area contributed by atoms with Crippen LogP contribution < -0.4 is 10.0 Å². The van der Waals surface area contributed by atoms with Gasteiger partial charge in [-0.15, -0.1) is 11.3 Å². The second-order valence-corrected chi connectivity index (χ2v) is 8.68. The zero-order valence-electron chi connectivity index (χ0n) is 13.6. The van der Waals surface area contributed by atoms with Crippen LogP contribution in [0.25, 0.3) is 6.08 Å². The van der Waals surface area contributed by atoms with E-state index in [1.165, 1.54) is 29.5 Å². The number of nitrogens with zero attached hydrogens (tertiary/aromatic N) is 1. The topological polar surface area (TPSA) is 88.2 Å². The van der Waals surface area contributed by atoms with Crippen LogP contribution in [0.15, 0.2) is 46.8 Å². The van der Waals surface area contributed by atoms with E-state index >= 15 is 0 Å². The van der Waals surface area contributed by atoms with Gasteiger partial charge in [-0.1, -0.05) is 6.07 Å². The third-order valence-corrected chi connectivity index (χ3v) is 5.18. The first kappa shape index (κ1) is 18.3. The van der Waals surface area contributed by atoms with Gasteiger partial charge in [-0.25, -0.2) is 18.1 Å². The molecular weight excluding hydrogens is 346 g/mol. The fourth-order valence-electron chi connectivity index (χ4n) is 1.85. The molecule has 0 atom stereocenters. The van der Waals surface area contributed by atoms with Crippen LogP contribution >= 0.6 is 11.3 Å². The van der Waals surface area contributed by atoms with Gasteiger partial charge in [-0.3, -0.25) is 4.79 Å². The second kappa shape index (κ2) is 7.25. The van der Waals surface area contributed by atoms with E-state index in [-0.39, 0.29) is 10.8 Å². The molecule has 0 fully saturated rings. The zero-order chi connectivity index (χ0) is 17.8. The standard InChI is InChI=1S/C16H19N3O3S2/c1-16(2,3)19-24(21,22)13-6-4-5-12(11-13)18-14(20)7-8-15-17-9-10-23-15/h4-11,19H,1-3H3,(H,18,20)/b8-7+. The lowest BCUT2D eigenvalue weighted by Crippen LogP contribution is -2.40. The molecule has 6 nitrogen and oxygen atoms in total. The number of benzene rings is 1. The molecule has 2 aromatic rings. The van der Waals surface area contributed by atoms with Gasteiger partial charge in [0.2, 0.25) is 15.9 Å². The molecule has 0 aliphatic heterocycles. The van der Waals surface area contributed by atoms with Crippen molar-refractivity contribution in [3.63, 3.8) is 0 Å². The Kier molecular flexibility index (Phi) is 5.53. The van der Waals surface area contributed by atoms with Gasteiger partial charge in [-0.2, -0.15) is 0 Å². The largest absolute Gasteiger partial charge is 0.322 e. The molecule has 0 aliphatic carbocycles. The highest BCUT2D eigenvalue weighted by Crippen LogP contribution is 2.17. The number of carbonyl (C=O) groups is 1. The van der Waals surface area contributed by atoms with E-state index in [1.807, 2.05) is 5.38 Å². The van der Waals surface area contributed by atoms with E-state index in [1.54, 1.807) is 45.2 Å². The van der Waals surface area contributed by atoms with E-state index in [9.17, 15) is 13.2 Å². The summed E-state index contributed by atoms with van der Waals surface area (Å²) in [7, 11) is -3.65. The van der Waals surface area contributed by atoms with Crippen LogP contribution in [0, 0.1) is 0 Å². The first-order chi connectivity index (χ1) is 11.2. The Labute approximate surface area is 145 Å². The number of hydrogen-bond donors (Lipinski definition) is 2. The van der Waals surface area contributed by atoms with E-state index in [0.29, 0.717) is 5.69 Å². The molecule has 0 aliphatic rings. The normalized spacial score (nSPS) is 12.5. The van der Waals surface area contributed by atoms with Crippen molar-refractivity contribution < 1.29 is 13.2 Å². The average molecular weight is 365 g/mol. The molecule has 1 heterocycles. The summed E-state index contributed by atoms with van der Waals surface area (Å²) in [5.74, 6) is -0.358. The molecule has 24 heavy (non-hydrogen) atoms. The van der Waals surface area contributed by atoms with Crippen LogP contribution in [0.2, 0.25) is 0 Å². The third kappa shape index (κ3) is 5.55. The lowest BCUT2D eigenvalue weighted by atomic mass is 10.1. The Morgan fingerprint density at radius 3 is 2.67 bits per heavy atom. The fourth-order valence-corrected chi connectivity index (χ4v) is 3.84. The summed E-state index contributed by atoms with van der Waals surface area (Å²) in [5, 5.41) is 5.17. The molecular formula is C16H19N3O3S2. The molecule has 1 aromatic carbocycles. The van der Waals surface area contributed by atoms with E-state index < -0.39 is 15.6 Å². The van der Waals surface area contributed by atoms with E-state index in [2.05, 4.69) is 15.0 Å². The maximum Gasteiger partial charge on any atom is 0.248 e. The number of thiazole rings is 1. The molecule has 0 bridgehead atoms. The van der Waals surface area contributed by atoms with Crippen LogP contribution in [-0.2, 0) is 14.8 Å². The van der Waals surface area contributed by atoms with Gasteiger partial charge in [0.25, 0.3) is 0 Å². The third-order valence-electron chi connectivity index (χ3n) is 2.68. The molecule has 0 radical (unpaired) electrons. The number of aromatic nitrogens is 1. The van der Waals surface area contributed by atoms with Gasteiger partial charge in [0, 0.05) is 28.9 Å². The van der Waals surface area contributed by atoms with Crippen LogP contribution in [0.5, 0.6) is 0 Å². The molecule has 1 aromatic heterocycles. The van der Waals surface area contributed by atoms with Crippen LogP contribution in [0.4, 0.5) is 5.69 Å². The minimum absolute atomic E-state index is 0.0964. The predicted octanol–water partition coefficient (Wildman–Crippen LogP) is 2.87. The molecule has 8 heteroatoms. The maximum absolute atomic E-state index is 12.3. The number of rotatable bonds is 5. The first-order valence-corrected chi connectivity index (χ1v) is 9.55. The molecule has 128 valence electrons. The summed E-state index contributed by atoms with van der Waals surface area (Å²) in [4.78, 5) is 16.0. The minimum atomic E-state index is -3.65. The van der Waals surface area contributed by atoms with Crippen LogP contribution in [-0.4, -0.2) is 24.8 Å². The monoisotopic (exact) mass is 365 g/mol. The van der Waals surface area contributed by atoms with Crippen molar-refractivity contribution in [1.29, 1.82) is 0 Å². The SMILES string of the molecule is CC(C)(C)NS(=O)(=O)c1cccc(NC(=O)/C=C/c2nccs2)c1. The summed E-state index contributed by atoms with van der Waals surface area (Å²) in [6, 6.07) is 6.11. The van der Waals surface area contributed by atoms with Crippen molar-refractivity contribution >= 4 is 39.0 Å². The summed E-state index contributed by atoms with van der Waals surface area (Å²) < 4.78 is 27.2. The van der Waals surface area contributed by atoms with Crippen LogP contribution in [0.3, 0.4) is 0 Å². The molecule has 0 unspecified atom stereocenters. The van der Waals surface area contributed by atoms with Crippen molar-refractivity contribution in [2.24, 2.45) is 0 Å². The summed E-state index contributed by atoms with van der Waals surface area (Å²) >= 11 is 1.42. The summed E-state index contributed by atoms with van der Waals surface area (Å²) in [5.41, 5.74) is -0.185. The number of amides is 1. The van der Waals surface area contributed by atoms with Gasteiger partial charge in [0.15, 0.2) is 0 Å². The fraction of sp³-hybridized carbons (Fsp3) is 0.250. The lowest BCUT2D eigenvalue weighted by Gasteiger charge is -2.20. The van der Waals surface area contributed by atoms with Crippen molar-refractivity contribution in [2.45, 2.75) is 31.2 Å². The number of sulfonamides is 1. The minimum Gasteiger partial charge on any atom is -0.322 e. The Bertz CT molecular complexity index is 836. The highest BCUT2D eigenvalue weighted by molar-refractivity contribution is 7.89. The Morgan fingerprint density at radius 2 is 2.04 bits per heavy atom. The number of hydrogen-bond acceptors (Lipinski definition) is 5. The molecule has 0 spiro atoms. The quantitative estimate of drug-likeness (QED) is 0.798. The summed E-state index contributed by atoms with van der Waals surface area (Å²) in [6.07, 6.45) is 4.61. The smallest absolute Gasteiger partial charge is 0.248 e. The lowest BCUT2D eigenvalue weighted by molar-refractivity contribution is -0.111. The molecule has 0 saturated heterocycles. The first-order valence-electron chi connectivity index (χ1n) is 7.18. The van der Waals surface area contributed by atoms with Gasteiger partial charge < -0.3 is 5.32 Å². The molecule has 0 saturated carbocycles. The van der Waals surface area contributed by atoms with Crippen LogP contribution in [0.1, 0.15) is 25.8 Å². The van der Waals surface area contributed by atoms with Gasteiger partial charge in [-0.05, 0) is 45.0 Å². The maximum atomic E-state index is 12.3. The summed E-state index contributed by atoms with van der Waals surface area (Å²) in [6.45, 7) is 5.29. The highest BCUT2D eigenvalue weighted by Gasteiger charge is 2.22. The Hall–Kier alpha value is -2.03. The predicted molar refractivity (Wildman–Crippen MR) is 96.3 cm³/mol. The van der Waals surface area contributed by atoms with Crippen molar-refractivity contribution in [1.82, 2.24) is 9.71 Å². The van der Waals surface area contributed by atoms with Crippen molar-refractivity contribution in [2.75, 3.05) is 5.32 Å². The Balaban J connectivity index is 2.11. The molecule has 1 amide bonds. The number of carbonyl (C=O) groups excluding carboxylic acids is 1. The van der Waals surface area contributed by atoms with E-state index in [4.69, 9.17) is 0 Å². The second-order valence-electron chi connectivity index (χ2n) is 6.08. The van der Waals surface area contributed by atoms with Gasteiger partial charge in [0.05, 0.1) is 4.90 Å². The molecule has 2 rings (SSSR count). The Morgan fingerprint density at radius 1 is 1.29 bits per heavy atom. The highest BCUT2D eigenvalue weighted by atomic mass is 32.2. The van der Waals surface area contributed by atoms with Crippen molar-refractivity contribution in [3.8, 4) is 0 Å².